The van der Waals surface area contributed by atoms with E-state index in [2.05, 4.69) is 5.32 Å². The third kappa shape index (κ3) is 3.43. The standard InChI is InChI=1S/C23H15F4NO2/c1-28-22-20(14-6-4-7-15(11-14)23(25,26)27)21(29)19(30-22)12-17-16-8-3-2-5-13(16)9-10-18(17)24/h2-12,28H,1H3. The van der Waals surface area contributed by atoms with Crippen molar-refractivity contribution in [2.45, 2.75) is 6.18 Å². The van der Waals surface area contributed by atoms with Gasteiger partial charge in [-0.1, -0.05) is 42.5 Å². The predicted molar refractivity (Wildman–Crippen MR) is 105 cm³/mol. The fraction of sp³-hybridized carbons (Fsp3) is 0.0870. The lowest BCUT2D eigenvalue weighted by Gasteiger charge is -2.09. The summed E-state index contributed by atoms with van der Waals surface area (Å²) in [5.74, 6) is -1.35. The van der Waals surface area contributed by atoms with Gasteiger partial charge in [0.05, 0.1) is 11.1 Å². The maximum atomic E-state index is 14.5. The summed E-state index contributed by atoms with van der Waals surface area (Å²) in [6.45, 7) is 0. The van der Waals surface area contributed by atoms with E-state index in [1.165, 1.54) is 31.3 Å². The van der Waals surface area contributed by atoms with Crippen LogP contribution in [0.5, 0.6) is 0 Å². The van der Waals surface area contributed by atoms with E-state index in [1.54, 1.807) is 30.3 Å². The van der Waals surface area contributed by atoms with Gasteiger partial charge in [0.25, 0.3) is 0 Å². The summed E-state index contributed by atoms with van der Waals surface area (Å²) in [5.41, 5.74) is -0.707. The first-order valence-corrected chi connectivity index (χ1v) is 9.01. The number of ketones is 1. The van der Waals surface area contributed by atoms with Crippen LogP contribution in [0.3, 0.4) is 0 Å². The molecule has 30 heavy (non-hydrogen) atoms. The van der Waals surface area contributed by atoms with Crippen LogP contribution < -0.4 is 5.32 Å². The number of halogens is 4. The van der Waals surface area contributed by atoms with Gasteiger partial charge in [0.15, 0.2) is 5.76 Å². The van der Waals surface area contributed by atoms with Gasteiger partial charge in [-0.2, -0.15) is 13.2 Å². The molecule has 0 amide bonds. The van der Waals surface area contributed by atoms with Crippen LogP contribution in [-0.4, -0.2) is 12.8 Å². The molecule has 7 heteroatoms. The average Bonchev–Trinajstić information content (AvgIpc) is 3.05. The molecule has 4 rings (SSSR count). The molecule has 1 aliphatic heterocycles. The second-order valence-corrected chi connectivity index (χ2v) is 6.65. The molecular weight excluding hydrogens is 398 g/mol. The van der Waals surface area contributed by atoms with Gasteiger partial charge < -0.3 is 10.1 Å². The van der Waals surface area contributed by atoms with Crippen molar-refractivity contribution in [2.24, 2.45) is 0 Å². The van der Waals surface area contributed by atoms with E-state index < -0.39 is 23.3 Å². The first-order chi connectivity index (χ1) is 14.3. The Bertz CT molecular complexity index is 1230. The van der Waals surface area contributed by atoms with Gasteiger partial charge in [-0.15, -0.1) is 0 Å². The molecule has 1 N–H and O–H groups in total. The number of carbonyl (C=O) groups excluding carboxylic acids is 1. The molecule has 3 aromatic carbocycles. The molecule has 0 atom stereocenters. The highest BCUT2D eigenvalue weighted by Crippen LogP contribution is 2.36. The molecule has 152 valence electrons. The third-order valence-corrected chi connectivity index (χ3v) is 4.79. The topological polar surface area (TPSA) is 38.3 Å². The fourth-order valence-electron chi connectivity index (χ4n) is 3.36. The van der Waals surface area contributed by atoms with Crippen LogP contribution >= 0.6 is 0 Å². The molecule has 0 spiro atoms. The number of Topliss-reactive ketones (excluding diaryl/α,β-unsaturated/α-hetero) is 1. The molecule has 0 bridgehead atoms. The van der Waals surface area contributed by atoms with E-state index in [0.29, 0.717) is 5.39 Å². The van der Waals surface area contributed by atoms with E-state index in [1.807, 2.05) is 0 Å². The van der Waals surface area contributed by atoms with Crippen molar-refractivity contribution < 1.29 is 27.1 Å². The molecule has 0 aliphatic carbocycles. The molecule has 3 nitrogen and oxygen atoms in total. The van der Waals surface area contributed by atoms with Crippen molar-refractivity contribution >= 4 is 28.2 Å². The van der Waals surface area contributed by atoms with Gasteiger partial charge in [0, 0.05) is 12.6 Å². The predicted octanol–water partition coefficient (Wildman–Crippen LogP) is 5.53. The Morgan fingerprint density at radius 2 is 1.77 bits per heavy atom. The molecule has 1 heterocycles. The lowest BCUT2D eigenvalue weighted by Crippen LogP contribution is -2.09. The summed E-state index contributed by atoms with van der Waals surface area (Å²) in [7, 11) is 1.48. The Hall–Kier alpha value is -3.61. The number of allylic oxidation sites excluding steroid dienone is 1. The number of fused-ring (bicyclic) bond motifs is 1. The zero-order valence-corrected chi connectivity index (χ0v) is 15.7. The minimum Gasteiger partial charge on any atom is -0.436 e. The zero-order chi connectivity index (χ0) is 21.5. The monoisotopic (exact) mass is 413 g/mol. The van der Waals surface area contributed by atoms with Gasteiger partial charge >= 0.3 is 6.18 Å². The Balaban J connectivity index is 1.80. The van der Waals surface area contributed by atoms with Crippen LogP contribution in [-0.2, 0) is 15.7 Å². The van der Waals surface area contributed by atoms with E-state index in [9.17, 15) is 22.4 Å². The van der Waals surface area contributed by atoms with Gasteiger partial charge in [-0.25, -0.2) is 4.39 Å². The number of nitrogens with one attached hydrogen (secondary N) is 1. The number of benzene rings is 3. The van der Waals surface area contributed by atoms with Gasteiger partial charge in [-0.3, -0.25) is 4.79 Å². The van der Waals surface area contributed by atoms with E-state index >= 15 is 0 Å². The molecule has 3 aromatic rings. The number of alkyl halides is 3. The summed E-state index contributed by atoms with van der Waals surface area (Å²) in [4.78, 5) is 13.0. The van der Waals surface area contributed by atoms with Crippen molar-refractivity contribution in [3.05, 3.63) is 94.8 Å². The Kier molecular flexibility index (Phi) is 4.81. The minimum atomic E-state index is -4.55. The molecule has 0 fully saturated rings. The van der Waals surface area contributed by atoms with Crippen molar-refractivity contribution in [1.82, 2.24) is 5.32 Å². The maximum Gasteiger partial charge on any atom is 0.416 e. The second kappa shape index (κ2) is 7.33. The number of ether oxygens (including phenoxy) is 1. The van der Waals surface area contributed by atoms with Crippen molar-refractivity contribution in [3.8, 4) is 0 Å². The second-order valence-electron chi connectivity index (χ2n) is 6.65. The number of carbonyl (C=O) groups is 1. The Morgan fingerprint density at radius 3 is 2.50 bits per heavy atom. The van der Waals surface area contributed by atoms with Crippen LogP contribution in [0.1, 0.15) is 16.7 Å². The van der Waals surface area contributed by atoms with Gasteiger partial charge in [0.2, 0.25) is 11.7 Å². The highest BCUT2D eigenvalue weighted by atomic mass is 19.4. The summed E-state index contributed by atoms with van der Waals surface area (Å²) in [5, 5.41) is 4.05. The Morgan fingerprint density at radius 1 is 1.00 bits per heavy atom. The molecule has 0 aromatic heterocycles. The normalized spacial score (nSPS) is 15.8. The van der Waals surface area contributed by atoms with Gasteiger partial charge in [-0.05, 0) is 40.6 Å². The molecule has 0 unspecified atom stereocenters. The van der Waals surface area contributed by atoms with Crippen LogP contribution in [0.2, 0.25) is 0 Å². The quantitative estimate of drug-likeness (QED) is 0.454. The van der Waals surface area contributed by atoms with Gasteiger partial charge in [0.1, 0.15) is 5.82 Å². The summed E-state index contributed by atoms with van der Waals surface area (Å²) in [6, 6.07) is 14.4. The summed E-state index contributed by atoms with van der Waals surface area (Å²) in [6.07, 6.45) is -3.28. The maximum absolute atomic E-state index is 14.5. The SMILES string of the molecule is CNC1=C(c2cccc(C(F)(F)F)c2)C(=O)C(=Cc2c(F)ccc3ccccc23)O1. The summed E-state index contributed by atoms with van der Waals surface area (Å²) < 4.78 is 59.3. The van der Waals surface area contributed by atoms with Crippen LogP contribution in [0.4, 0.5) is 17.6 Å². The molecular formula is C23H15F4NO2. The molecule has 0 radical (unpaired) electrons. The van der Waals surface area contributed by atoms with E-state index in [0.717, 1.165) is 17.5 Å². The highest BCUT2D eigenvalue weighted by Gasteiger charge is 2.35. The van der Waals surface area contributed by atoms with Crippen LogP contribution in [0.25, 0.3) is 22.4 Å². The highest BCUT2D eigenvalue weighted by molar-refractivity contribution is 6.31. The number of hydrogen-bond donors (Lipinski definition) is 1. The molecule has 0 saturated carbocycles. The van der Waals surface area contributed by atoms with E-state index in [4.69, 9.17) is 4.74 Å². The van der Waals surface area contributed by atoms with Crippen LogP contribution in [0.15, 0.2) is 72.3 Å². The van der Waals surface area contributed by atoms with Crippen LogP contribution in [0, 0.1) is 5.82 Å². The summed E-state index contributed by atoms with van der Waals surface area (Å²) >= 11 is 0. The molecule has 1 aliphatic rings. The Labute approximate surface area is 169 Å². The van der Waals surface area contributed by atoms with Crippen molar-refractivity contribution in [1.29, 1.82) is 0 Å². The lowest BCUT2D eigenvalue weighted by atomic mass is 9.98. The zero-order valence-electron chi connectivity index (χ0n) is 15.7. The first-order valence-electron chi connectivity index (χ1n) is 9.01. The number of hydrogen-bond acceptors (Lipinski definition) is 3. The van der Waals surface area contributed by atoms with Crippen molar-refractivity contribution in [3.63, 3.8) is 0 Å². The minimum absolute atomic E-state index is 0.00576. The van der Waals surface area contributed by atoms with Crippen molar-refractivity contribution in [2.75, 3.05) is 7.05 Å². The fourth-order valence-corrected chi connectivity index (χ4v) is 3.36. The largest absolute Gasteiger partial charge is 0.436 e. The lowest BCUT2D eigenvalue weighted by molar-refractivity contribution is -0.137. The van der Waals surface area contributed by atoms with E-state index in [-0.39, 0.29) is 28.3 Å². The average molecular weight is 413 g/mol. The smallest absolute Gasteiger partial charge is 0.416 e. The third-order valence-electron chi connectivity index (χ3n) is 4.79. The number of rotatable bonds is 3. The first kappa shape index (κ1) is 19.7. The molecule has 0 saturated heterocycles.